The van der Waals surface area contributed by atoms with Crippen LogP contribution in [-0.2, 0) is 4.79 Å². The van der Waals surface area contributed by atoms with Gasteiger partial charge in [-0.3, -0.25) is 9.59 Å². The number of carbonyl (C=O) groups is 2. The minimum Gasteiger partial charge on any atom is -0.353 e. The number of piperazine rings is 1. The average molecular weight is 370 g/mol. The van der Waals surface area contributed by atoms with Crippen molar-refractivity contribution in [3.8, 4) is 11.5 Å². The van der Waals surface area contributed by atoms with Crippen LogP contribution in [0.2, 0.25) is 5.02 Å². The summed E-state index contributed by atoms with van der Waals surface area (Å²) < 4.78 is 3.52. The molecular weight excluding hydrogens is 354 g/mol. The number of carbonyl (C=O) groups excluding carboxylic acids is 2. The summed E-state index contributed by atoms with van der Waals surface area (Å²) in [5.41, 5.74) is 1.22. The zero-order valence-electron chi connectivity index (χ0n) is 13.8. The quantitative estimate of drug-likeness (QED) is 0.766. The highest BCUT2D eigenvalue weighted by atomic mass is 35.5. The zero-order valence-corrected chi connectivity index (χ0v) is 14.6. The maximum Gasteiger partial charge on any atom is 0.259 e. The van der Waals surface area contributed by atoms with E-state index < -0.39 is 0 Å². The molecule has 3 heterocycles. The van der Waals surface area contributed by atoms with E-state index in [0.717, 1.165) is 5.69 Å². The molecule has 8 heteroatoms. The largest absolute Gasteiger partial charge is 0.353 e. The lowest BCUT2D eigenvalue weighted by molar-refractivity contribution is -0.123. The molecular formula is C18H16ClN5O2. The number of nitrogens with zero attached hydrogens (tertiary/aromatic N) is 4. The van der Waals surface area contributed by atoms with Crippen molar-refractivity contribution in [2.75, 3.05) is 19.6 Å². The fourth-order valence-corrected chi connectivity index (χ4v) is 3.10. The van der Waals surface area contributed by atoms with Gasteiger partial charge in [-0.2, -0.15) is 5.10 Å². The Bertz CT molecular complexity index is 947. The van der Waals surface area contributed by atoms with E-state index in [2.05, 4.69) is 10.4 Å². The van der Waals surface area contributed by atoms with Gasteiger partial charge < -0.3 is 14.8 Å². The van der Waals surface area contributed by atoms with Crippen molar-refractivity contribution in [3.05, 3.63) is 65.6 Å². The molecule has 0 spiro atoms. The number of halogens is 1. The van der Waals surface area contributed by atoms with Crippen LogP contribution in [0.5, 0.6) is 0 Å². The van der Waals surface area contributed by atoms with Gasteiger partial charge in [0.25, 0.3) is 5.91 Å². The fraction of sp³-hybridized carbons (Fsp3) is 0.167. The van der Waals surface area contributed by atoms with Gasteiger partial charge in [0, 0.05) is 30.5 Å². The van der Waals surface area contributed by atoms with Crippen molar-refractivity contribution in [1.82, 2.24) is 24.6 Å². The third kappa shape index (κ3) is 2.97. The molecule has 1 N–H and O–H groups in total. The Hall–Kier alpha value is -3.06. The van der Waals surface area contributed by atoms with E-state index in [1.54, 1.807) is 23.0 Å². The zero-order chi connectivity index (χ0) is 18.1. The van der Waals surface area contributed by atoms with E-state index >= 15 is 0 Å². The number of nitrogens with one attached hydrogen (secondary N) is 1. The molecule has 1 fully saturated rings. The number of aromatic nitrogens is 3. The minimum absolute atomic E-state index is 0.0517. The lowest BCUT2D eigenvalue weighted by Crippen LogP contribution is -2.50. The summed E-state index contributed by atoms with van der Waals surface area (Å²) in [6.45, 7) is 0.979. The van der Waals surface area contributed by atoms with Gasteiger partial charge in [0.15, 0.2) is 5.82 Å². The van der Waals surface area contributed by atoms with E-state index in [4.69, 9.17) is 11.6 Å². The Morgan fingerprint density at radius 3 is 2.58 bits per heavy atom. The van der Waals surface area contributed by atoms with Gasteiger partial charge in [0.1, 0.15) is 5.56 Å². The average Bonchev–Trinajstić information content (AvgIpc) is 3.31. The Kier molecular flexibility index (Phi) is 4.22. The van der Waals surface area contributed by atoms with Crippen molar-refractivity contribution >= 4 is 23.4 Å². The monoisotopic (exact) mass is 369 g/mol. The van der Waals surface area contributed by atoms with Gasteiger partial charge in [0.05, 0.1) is 18.4 Å². The molecule has 132 valence electrons. The van der Waals surface area contributed by atoms with Gasteiger partial charge in [-0.1, -0.05) is 11.6 Å². The van der Waals surface area contributed by atoms with Crippen LogP contribution < -0.4 is 5.32 Å². The normalized spacial score (nSPS) is 14.3. The van der Waals surface area contributed by atoms with E-state index in [0.29, 0.717) is 29.5 Å². The molecule has 0 aliphatic carbocycles. The number of hydrogen-bond donors (Lipinski definition) is 1. The van der Waals surface area contributed by atoms with Crippen LogP contribution in [0, 0.1) is 0 Å². The summed E-state index contributed by atoms with van der Waals surface area (Å²) >= 11 is 5.98. The van der Waals surface area contributed by atoms with Gasteiger partial charge in [0.2, 0.25) is 5.91 Å². The second-order valence-electron chi connectivity index (χ2n) is 5.94. The van der Waals surface area contributed by atoms with Crippen LogP contribution in [0.4, 0.5) is 0 Å². The molecule has 7 nitrogen and oxygen atoms in total. The number of hydrogen-bond acceptors (Lipinski definition) is 3. The molecule has 3 aromatic rings. The van der Waals surface area contributed by atoms with Crippen molar-refractivity contribution in [2.45, 2.75) is 0 Å². The molecule has 2 amide bonds. The Morgan fingerprint density at radius 2 is 1.88 bits per heavy atom. The third-order valence-corrected chi connectivity index (χ3v) is 4.47. The number of amides is 2. The molecule has 26 heavy (non-hydrogen) atoms. The van der Waals surface area contributed by atoms with Crippen molar-refractivity contribution in [3.63, 3.8) is 0 Å². The minimum atomic E-state index is -0.219. The van der Waals surface area contributed by atoms with Crippen LogP contribution >= 0.6 is 11.6 Å². The molecule has 1 aliphatic heterocycles. The Labute approximate surface area is 154 Å². The molecule has 0 radical (unpaired) electrons. The van der Waals surface area contributed by atoms with E-state index in [1.165, 1.54) is 4.90 Å². The van der Waals surface area contributed by atoms with Crippen LogP contribution in [0.25, 0.3) is 11.5 Å². The lowest BCUT2D eigenvalue weighted by atomic mass is 10.2. The summed E-state index contributed by atoms with van der Waals surface area (Å²) in [7, 11) is 0. The molecule has 4 rings (SSSR count). The van der Waals surface area contributed by atoms with Crippen molar-refractivity contribution in [1.29, 1.82) is 0 Å². The van der Waals surface area contributed by atoms with Crippen LogP contribution in [0.1, 0.15) is 10.4 Å². The van der Waals surface area contributed by atoms with Gasteiger partial charge in [-0.05, 0) is 36.4 Å². The molecule has 0 bridgehead atoms. The van der Waals surface area contributed by atoms with Gasteiger partial charge in [-0.25, -0.2) is 4.68 Å². The van der Waals surface area contributed by atoms with Crippen LogP contribution in [0.15, 0.2) is 55.0 Å². The maximum absolute atomic E-state index is 13.0. The summed E-state index contributed by atoms with van der Waals surface area (Å²) in [6, 6.07) is 11.0. The first-order valence-electron chi connectivity index (χ1n) is 8.17. The second-order valence-corrected chi connectivity index (χ2v) is 6.37. The molecule has 2 aromatic heterocycles. The first kappa shape index (κ1) is 16.4. The SMILES string of the molecule is O=C1CN(C(=O)c2cnn(-c3ccc(Cl)cc3)c2-n2cccc2)CCN1. The highest BCUT2D eigenvalue weighted by Gasteiger charge is 2.27. The molecule has 1 aliphatic rings. The summed E-state index contributed by atoms with van der Waals surface area (Å²) in [6.07, 6.45) is 5.24. The number of rotatable bonds is 3. The van der Waals surface area contributed by atoms with Gasteiger partial charge in [-0.15, -0.1) is 0 Å². The molecule has 1 saturated heterocycles. The van der Waals surface area contributed by atoms with Crippen LogP contribution in [0.3, 0.4) is 0 Å². The Morgan fingerprint density at radius 1 is 1.15 bits per heavy atom. The first-order valence-corrected chi connectivity index (χ1v) is 8.54. The third-order valence-electron chi connectivity index (χ3n) is 4.22. The van der Waals surface area contributed by atoms with Crippen molar-refractivity contribution < 1.29 is 9.59 Å². The lowest BCUT2D eigenvalue weighted by Gasteiger charge is -2.26. The van der Waals surface area contributed by atoms with E-state index in [-0.39, 0.29) is 18.4 Å². The van der Waals surface area contributed by atoms with E-state index in [9.17, 15) is 9.59 Å². The molecule has 0 saturated carbocycles. The highest BCUT2D eigenvalue weighted by Crippen LogP contribution is 2.22. The topological polar surface area (TPSA) is 72.2 Å². The first-order chi connectivity index (χ1) is 12.6. The van der Waals surface area contributed by atoms with Crippen LogP contribution in [-0.4, -0.2) is 50.7 Å². The maximum atomic E-state index is 13.0. The second kappa shape index (κ2) is 6.68. The smallest absolute Gasteiger partial charge is 0.259 e. The molecule has 0 atom stereocenters. The standard InChI is InChI=1S/C18H16ClN5O2/c19-13-3-5-14(6-4-13)24-17(22-8-1-2-9-22)15(11-21-24)18(26)23-10-7-20-16(25)12-23/h1-6,8-9,11H,7,10,12H2,(H,20,25). The van der Waals surface area contributed by atoms with E-state index in [1.807, 2.05) is 41.2 Å². The Balaban J connectivity index is 1.79. The highest BCUT2D eigenvalue weighted by molar-refractivity contribution is 6.30. The molecule has 1 aromatic carbocycles. The number of benzene rings is 1. The molecule has 0 unspecified atom stereocenters. The van der Waals surface area contributed by atoms with Crippen molar-refractivity contribution in [2.24, 2.45) is 0 Å². The van der Waals surface area contributed by atoms with Gasteiger partial charge >= 0.3 is 0 Å². The predicted octanol–water partition coefficient (Wildman–Crippen LogP) is 1.89. The summed E-state index contributed by atoms with van der Waals surface area (Å²) in [5, 5.41) is 7.76. The summed E-state index contributed by atoms with van der Waals surface area (Å²) in [4.78, 5) is 26.2. The predicted molar refractivity (Wildman–Crippen MR) is 96.8 cm³/mol. The fourth-order valence-electron chi connectivity index (χ4n) is 2.97. The summed E-state index contributed by atoms with van der Waals surface area (Å²) in [5.74, 6) is 0.245.